The van der Waals surface area contributed by atoms with E-state index in [1.54, 1.807) is 0 Å². The molecular weight excluding hydrogens is 236 g/mol. The Balaban J connectivity index is 1.81. The van der Waals surface area contributed by atoms with E-state index in [4.69, 9.17) is 5.84 Å². The lowest BCUT2D eigenvalue weighted by atomic mass is 9.66. The number of nitrogens with one attached hydrogen (secondary N) is 1. The topological polar surface area (TPSA) is 55.1 Å². The molecule has 0 aromatic rings. The molecule has 0 saturated heterocycles. The molecule has 0 radical (unpaired) electrons. The van der Waals surface area contributed by atoms with Crippen LogP contribution in [0.3, 0.4) is 0 Å². The van der Waals surface area contributed by atoms with E-state index in [9.17, 15) is 4.79 Å². The van der Waals surface area contributed by atoms with Crippen molar-refractivity contribution >= 4 is 5.91 Å². The number of fused-ring (bicyclic) bond motifs is 3. The van der Waals surface area contributed by atoms with E-state index in [1.165, 1.54) is 32.1 Å². The maximum atomic E-state index is 11.8. The molecular formula is C16H28N2O. The summed E-state index contributed by atoms with van der Waals surface area (Å²) >= 11 is 0. The molecule has 0 bridgehead atoms. The molecule has 3 N–H and O–H groups in total. The molecule has 0 heterocycles. The summed E-state index contributed by atoms with van der Waals surface area (Å²) in [6.45, 7) is 4.92. The third kappa shape index (κ3) is 2.01. The second-order valence-electron chi connectivity index (χ2n) is 7.67. The fourth-order valence-electron chi connectivity index (χ4n) is 5.79. The Labute approximate surface area is 116 Å². The lowest BCUT2D eigenvalue weighted by molar-refractivity contribution is -0.127. The van der Waals surface area contributed by atoms with E-state index in [0.29, 0.717) is 5.41 Å². The zero-order chi connectivity index (χ0) is 13.6. The van der Waals surface area contributed by atoms with E-state index in [2.05, 4.69) is 19.3 Å². The molecule has 108 valence electrons. The SMILES string of the molecule is CC1(C)C2CCCCC2C2CCC(C(=O)NN)CC21. The van der Waals surface area contributed by atoms with Crippen LogP contribution in [0.1, 0.15) is 58.8 Å². The molecule has 0 aromatic carbocycles. The zero-order valence-electron chi connectivity index (χ0n) is 12.3. The number of amides is 1. The first-order valence-corrected chi connectivity index (χ1v) is 8.06. The van der Waals surface area contributed by atoms with Gasteiger partial charge in [-0.05, 0) is 61.2 Å². The first kappa shape index (κ1) is 13.4. The second kappa shape index (κ2) is 4.76. The highest BCUT2D eigenvalue weighted by Crippen LogP contribution is 2.63. The van der Waals surface area contributed by atoms with E-state index >= 15 is 0 Å². The van der Waals surface area contributed by atoms with Gasteiger partial charge in [0.05, 0.1) is 0 Å². The summed E-state index contributed by atoms with van der Waals surface area (Å²) in [6.07, 6.45) is 9.04. The predicted molar refractivity (Wildman–Crippen MR) is 75.9 cm³/mol. The normalized spacial score (nSPS) is 44.3. The number of hydrogen-bond donors (Lipinski definition) is 2. The molecule has 0 spiro atoms. The molecule has 3 heteroatoms. The Morgan fingerprint density at radius 2 is 1.74 bits per heavy atom. The van der Waals surface area contributed by atoms with Crippen LogP contribution in [0.25, 0.3) is 0 Å². The fourth-order valence-corrected chi connectivity index (χ4v) is 5.79. The average Bonchev–Trinajstić information content (AvgIpc) is 2.67. The Bertz CT molecular complexity index is 366. The van der Waals surface area contributed by atoms with Gasteiger partial charge in [0.25, 0.3) is 0 Å². The monoisotopic (exact) mass is 264 g/mol. The number of hydrogen-bond acceptors (Lipinski definition) is 2. The van der Waals surface area contributed by atoms with Gasteiger partial charge in [0.1, 0.15) is 0 Å². The fraction of sp³-hybridized carbons (Fsp3) is 0.938. The molecule has 19 heavy (non-hydrogen) atoms. The lowest BCUT2D eigenvalue weighted by Gasteiger charge is -2.39. The van der Waals surface area contributed by atoms with Crippen LogP contribution in [0.4, 0.5) is 0 Å². The number of carbonyl (C=O) groups is 1. The van der Waals surface area contributed by atoms with Crippen LogP contribution in [0.15, 0.2) is 0 Å². The van der Waals surface area contributed by atoms with Crippen molar-refractivity contribution in [2.24, 2.45) is 40.8 Å². The third-order valence-corrected chi connectivity index (χ3v) is 6.70. The van der Waals surface area contributed by atoms with Gasteiger partial charge in [-0.25, -0.2) is 5.84 Å². The molecule has 0 aromatic heterocycles. The number of carbonyl (C=O) groups excluding carboxylic acids is 1. The largest absolute Gasteiger partial charge is 0.294 e. The number of nitrogens with two attached hydrogens (primary N) is 1. The molecule has 1 amide bonds. The van der Waals surface area contributed by atoms with Crippen LogP contribution in [0.5, 0.6) is 0 Å². The van der Waals surface area contributed by atoms with Crippen LogP contribution in [-0.2, 0) is 4.79 Å². The van der Waals surface area contributed by atoms with E-state index in [0.717, 1.165) is 36.5 Å². The van der Waals surface area contributed by atoms with Crippen molar-refractivity contribution < 1.29 is 4.79 Å². The summed E-state index contributed by atoms with van der Waals surface area (Å²) in [4.78, 5) is 11.8. The van der Waals surface area contributed by atoms with Gasteiger partial charge in [-0.2, -0.15) is 0 Å². The van der Waals surface area contributed by atoms with Crippen molar-refractivity contribution in [1.29, 1.82) is 0 Å². The van der Waals surface area contributed by atoms with E-state index < -0.39 is 0 Å². The van der Waals surface area contributed by atoms with Gasteiger partial charge >= 0.3 is 0 Å². The average molecular weight is 264 g/mol. The highest BCUT2D eigenvalue weighted by Gasteiger charge is 2.56. The van der Waals surface area contributed by atoms with Crippen molar-refractivity contribution in [2.45, 2.75) is 58.8 Å². The van der Waals surface area contributed by atoms with Gasteiger partial charge in [0, 0.05) is 5.92 Å². The Morgan fingerprint density at radius 3 is 2.47 bits per heavy atom. The van der Waals surface area contributed by atoms with Crippen molar-refractivity contribution in [3.8, 4) is 0 Å². The number of rotatable bonds is 1. The summed E-state index contributed by atoms with van der Waals surface area (Å²) in [5.74, 6) is 8.99. The Kier molecular flexibility index (Phi) is 3.36. The molecule has 5 unspecified atom stereocenters. The van der Waals surface area contributed by atoms with Crippen LogP contribution in [0, 0.1) is 35.0 Å². The molecule has 0 aliphatic heterocycles. The van der Waals surface area contributed by atoms with Gasteiger partial charge in [-0.1, -0.05) is 26.7 Å². The molecule has 3 rings (SSSR count). The summed E-state index contributed by atoms with van der Waals surface area (Å²) in [5, 5.41) is 0. The highest BCUT2D eigenvalue weighted by atomic mass is 16.2. The van der Waals surface area contributed by atoms with Crippen LogP contribution >= 0.6 is 0 Å². The van der Waals surface area contributed by atoms with Crippen LogP contribution in [0.2, 0.25) is 0 Å². The summed E-state index contributed by atoms with van der Waals surface area (Å²) in [5.41, 5.74) is 2.79. The first-order valence-electron chi connectivity index (χ1n) is 8.06. The minimum absolute atomic E-state index is 0.0594. The minimum Gasteiger partial charge on any atom is -0.294 e. The third-order valence-electron chi connectivity index (χ3n) is 6.70. The lowest BCUT2D eigenvalue weighted by Crippen LogP contribution is -2.41. The Hall–Kier alpha value is -0.570. The Morgan fingerprint density at radius 1 is 1.05 bits per heavy atom. The van der Waals surface area contributed by atoms with Gasteiger partial charge < -0.3 is 0 Å². The predicted octanol–water partition coefficient (Wildman–Crippen LogP) is 2.86. The highest BCUT2D eigenvalue weighted by molar-refractivity contribution is 5.78. The van der Waals surface area contributed by atoms with Gasteiger partial charge in [0.15, 0.2) is 0 Å². The van der Waals surface area contributed by atoms with Crippen molar-refractivity contribution in [1.82, 2.24) is 5.43 Å². The quantitative estimate of drug-likeness (QED) is 0.435. The second-order valence-corrected chi connectivity index (χ2v) is 7.67. The maximum absolute atomic E-state index is 11.8. The minimum atomic E-state index is 0.0594. The van der Waals surface area contributed by atoms with Gasteiger partial charge in [0.2, 0.25) is 5.91 Å². The smallest absolute Gasteiger partial charge is 0.236 e. The maximum Gasteiger partial charge on any atom is 0.236 e. The van der Waals surface area contributed by atoms with Crippen LogP contribution in [-0.4, -0.2) is 5.91 Å². The molecule has 3 aliphatic carbocycles. The van der Waals surface area contributed by atoms with E-state index in [1.807, 2.05) is 0 Å². The van der Waals surface area contributed by atoms with E-state index in [-0.39, 0.29) is 11.8 Å². The molecule has 3 nitrogen and oxygen atoms in total. The summed E-state index contributed by atoms with van der Waals surface area (Å²) < 4.78 is 0. The summed E-state index contributed by atoms with van der Waals surface area (Å²) in [6, 6.07) is 0. The standard InChI is InChI=1S/C16H28N2O/c1-16(2)13-6-4-3-5-11(13)12-8-7-10(9-14(12)16)15(19)18-17/h10-14H,3-9,17H2,1-2H3,(H,18,19). The summed E-state index contributed by atoms with van der Waals surface area (Å²) in [7, 11) is 0. The molecule has 3 saturated carbocycles. The molecule has 3 fully saturated rings. The van der Waals surface area contributed by atoms with Crippen molar-refractivity contribution in [3.05, 3.63) is 0 Å². The van der Waals surface area contributed by atoms with Gasteiger partial charge in [-0.3, -0.25) is 10.2 Å². The van der Waals surface area contributed by atoms with Crippen LogP contribution < -0.4 is 11.3 Å². The zero-order valence-corrected chi connectivity index (χ0v) is 12.3. The first-order chi connectivity index (χ1) is 9.05. The number of hydrazine groups is 1. The van der Waals surface area contributed by atoms with Crippen molar-refractivity contribution in [2.75, 3.05) is 0 Å². The van der Waals surface area contributed by atoms with Crippen molar-refractivity contribution in [3.63, 3.8) is 0 Å². The molecule has 3 aliphatic rings. The molecule has 5 atom stereocenters. The van der Waals surface area contributed by atoms with Gasteiger partial charge in [-0.15, -0.1) is 0 Å².